The second kappa shape index (κ2) is 7.90. The van der Waals surface area contributed by atoms with Crippen LogP contribution in [0.3, 0.4) is 0 Å². The molecule has 1 amide bonds. The molecule has 4 rings (SSSR count). The van der Waals surface area contributed by atoms with Crippen molar-refractivity contribution in [1.29, 1.82) is 0 Å². The smallest absolute Gasteiger partial charge is 0.274 e. The maximum atomic E-state index is 13.9. The molecule has 1 aromatic heterocycles. The fourth-order valence-corrected chi connectivity index (χ4v) is 3.18. The molecule has 8 heteroatoms. The number of amides is 1. The first kappa shape index (κ1) is 18.9. The summed E-state index contributed by atoms with van der Waals surface area (Å²) in [4.78, 5) is 23.6. The van der Waals surface area contributed by atoms with E-state index in [-0.39, 0.29) is 5.69 Å². The zero-order valence-electron chi connectivity index (χ0n) is 15.3. The lowest BCUT2D eigenvalue weighted by Gasteiger charge is -2.18. The molecular weight excluding hydrogens is 381 g/mol. The van der Waals surface area contributed by atoms with Gasteiger partial charge in [-0.1, -0.05) is 30.3 Å². The highest BCUT2D eigenvalue weighted by Gasteiger charge is 2.21. The van der Waals surface area contributed by atoms with Crippen molar-refractivity contribution < 1.29 is 18.0 Å². The van der Waals surface area contributed by atoms with Crippen molar-refractivity contribution >= 4 is 17.4 Å². The summed E-state index contributed by atoms with van der Waals surface area (Å²) in [6, 6.07) is 12.4. The van der Waals surface area contributed by atoms with E-state index in [1.807, 2.05) is 35.2 Å². The monoisotopic (exact) mass is 398 g/mol. The zero-order chi connectivity index (χ0) is 20.4. The molecule has 1 saturated heterocycles. The van der Waals surface area contributed by atoms with Crippen molar-refractivity contribution in [3.8, 4) is 11.4 Å². The quantitative estimate of drug-likeness (QED) is 0.662. The third kappa shape index (κ3) is 3.91. The molecular formula is C21H17F3N4O. The molecule has 2 aromatic carbocycles. The molecule has 0 atom stereocenters. The van der Waals surface area contributed by atoms with Crippen molar-refractivity contribution in [2.45, 2.75) is 12.8 Å². The van der Waals surface area contributed by atoms with Gasteiger partial charge in [-0.15, -0.1) is 0 Å². The topological polar surface area (TPSA) is 58.1 Å². The normalized spacial score (nSPS) is 13.6. The number of rotatable bonds is 4. The highest BCUT2D eigenvalue weighted by Crippen LogP contribution is 2.25. The Morgan fingerprint density at radius 2 is 1.66 bits per heavy atom. The van der Waals surface area contributed by atoms with Gasteiger partial charge in [0.15, 0.2) is 23.3 Å². The van der Waals surface area contributed by atoms with Crippen LogP contribution in [0.2, 0.25) is 0 Å². The molecule has 3 aromatic rings. The van der Waals surface area contributed by atoms with E-state index in [0.29, 0.717) is 11.6 Å². The first-order chi connectivity index (χ1) is 14.0. The summed E-state index contributed by atoms with van der Waals surface area (Å²) in [6.07, 6.45) is 2.04. The van der Waals surface area contributed by atoms with Gasteiger partial charge in [-0.2, -0.15) is 0 Å². The van der Waals surface area contributed by atoms with Crippen LogP contribution in [-0.4, -0.2) is 29.0 Å². The third-order valence-corrected chi connectivity index (χ3v) is 4.69. The molecule has 0 radical (unpaired) electrons. The van der Waals surface area contributed by atoms with E-state index < -0.39 is 29.0 Å². The van der Waals surface area contributed by atoms with Gasteiger partial charge in [0.2, 0.25) is 0 Å². The molecule has 148 valence electrons. The van der Waals surface area contributed by atoms with Crippen LogP contribution in [0.15, 0.2) is 48.5 Å². The maximum absolute atomic E-state index is 13.9. The van der Waals surface area contributed by atoms with E-state index in [4.69, 9.17) is 0 Å². The van der Waals surface area contributed by atoms with E-state index in [1.54, 1.807) is 0 Å². The Hall–Kier alpha value is -3.42. The van der Waals surface area contributed by atoms with Crippen LogP contribution in [0.5, 0.6) is 0 Å². The summed E-state index contributed by atoms with van der Waals surface area (Å²) in [6.45, 7) is 1.62. The Bertz CT molecular complexity index is 1050. The van der Waals surface area contributed by atoms with Crippen molar-refractivity contribution in [1.82, 2.24) is 9.97 Å². The van der Waals surface area contributed by atoms with E-state index in [9.17, 15) is 18.0 Å². The second-order valence-electron chi connectivity index (χ2n) is 6.67. The molecule has 0 aliphatic carbocycles. The highest BCUT2D eigenvalue weighted by atomic mass is 19.2. The minimum atomic E-state index is -1.65. The highest BCUT2D eigenvalue weighted by molar-refractivity contribution is 6.03. The van der Waals surface area contributed by atoms with Gasteiger partial charge in [0.1, 0.15) is 11.5 Å². The van der Waals surface area contributed by atoms with Crippen LogP contribution in [0.1, 0.15) is 23.3 Å². The number of anilines is 2. The lowest BCUT2D eigenvalue weighted by atomic mass is 10.2. The van der Waals surface area contributed by atoms with E-state index in [0.717, 1.165) is 43.6 Å². The number of hydrogen-bond acceptors (Lipinski definition) is 4. The second-order valence-corrected chi connectivity index (χ2v) is 6.67. The first-order valence-corrected chi connectivity index (χ1v) is 9.17. The predicted octanol–water partition coefficient (Wildman–Crippen LogP) is 4.41. The van der Waals surface area contributed by atoms with Gasteiger partial charge in [0.05, 0.1) is 5.69 Å². The summed E-state index contributed by atoms with van der Waals surface area (Å²) < 4.78 is 40.5. The third-order valence-electron chi connectivity index (χ3n) is 4.69. The summed E-state index contributed by atoms with van der Waals surface area (Å²) in [5.41, 5.74) is 0.267. The van der Waals surface area contributed by atoms with E-state index in [1.165, 1.54) is 6.07 Å². The molecule has 0 unspecified atom stereocenters. The maximum Gasteiger partial charge on any atom is 0.274 e. The Morgan fingerprint density at radius 3 is 2.38 bits per heavy atom. The molecule has 2 heterocycles. The van der Waals surface area contributed by atoms with E-state index in [2.05, 4.69) is 15.3 Å². The van der Waals surface area contributed by atoms with Crippen molar-refractivity contribution in [2.75, 3.05) is 23.3 Å². The van der Waals surface area contributed by atoms with Gasteiger partial charge >= 0.3 is 0 Å². The molecule has 1 fully saturated rings. The van der Waals surface area contributed by atoms with Crippen LogP contribution in [0.25, 0.3) is 11.4 Å². The van der Waals surface area contributed by atoms with Gasteiger partial charge in [-0.25, -0.2) is 23.1 Å². The standard InChI is InChI=1S/C21H17F3N4O/c22-14-8-9-15(19(24)18(14)23)26-21(29)16-12-17(28-10-4-5-11-28)27-20(25-16)13-6-2-1-3-7-13/h1-3,6-9,12H,4-5,10-11H2,(H,26,29). The van der Waals surface area contributed by atoms with Gasteiger partial charge in [-0.3, -0.25) is 4.79 Å². The fourth-order valence-electron chi connectivity index (χ4n) is 3.18. The van der Waals surface area contributed by atoms with Crippen LogP contribution in [0, 0.1) is 17.5 Å². The number of nitrogens with one attached hydrogen (secondary N) is 1. The Balaban J connectivity index is 1.71. The molecule has 0 saturated carbocycles. The zero-order valence-corrected chi connectivity index (χ0v) is 15.3. The van der Waals surface area contributed by atoms with Crippen molar-refractivity contribution in [3.63, 3.8) is 0 Å². The van der Waals surface area contributed by atoms with Gasteiger partial charge in [0.25, 0.3) is 5.91 Å². The summed E-state index contributed by atoms with van der Waals surface area (Å²) in [5.74, 6) is -4.23. The molecule has 1 aliphatic heterocycles. The molecule has 29 heavy (non-hydrogen) atoms. The number of hydrogen-bond donors (Lipinski definition) is 1. The molecule has 5 nitrogen and oxygen atoms in total. The largest absolute Gasteiger partial charge is 0.356 e. The van der Waals surface area contributed by atoms with Gasteiger partial charge in [0, 0.05) is 24.7 Å². The number of nitrogens with zero attached hydrogens (tertiary/aromatic N) is 3. The molecule has 0 bridgehead atoms. The number of halogens is 3. The van der Waals surface area contributed by atoms with Crippen molar-refractivity contribution in [3.05, 3.63) is 71.7 Å². The number of benzene rings is 2. The SMILES string of the molecule is O=C(Nc1ccc(F)c(F)c1F)c1cc(N2CCCC2)nc(-c2ccccc2)n1. The predicted molar refractivity (Wildman–Crippen MR) is 103 cm³/mol. The number of carbonyl (C=O) groups excluding carboxylic acids is 1. The average molecular weight is 398 g/mol. The fraction of sp³-hybridized carbons (Fsp3) is 0.190. The van der Waals surface area contributed by atoms with E-state index >= 15 is 0 Å². The summed E-state index contributed by atoms with van der Waals surface area (Å²) in [5, 5.41) is 2.26. The molecule has 0 spiro atoms. The van der Waals surface area contributed by atoms with Gasteiger partial charge in [-0.05, 0) is 25.0 Å². The van der Waals surface area contributed by atoms with Crippen LogP contribution in [0.4, 0.5) is 24.7 Å². The Kier molecular flexibility index (Phi) is 5.16. The summed E-state index contributed by atoms with van der Waals surface area (Å²) in [7, 11) is 0. The Labute approximate surface area is 165 Å². The number of aromatic nitrogens is 2. The lowest BCUT2D eigenvalue weighted by molar-refractivity contribution is 0.102. The van der Waals surface area contributed by atoms with Gasteiger partial charge < -0.3 is 10.2 Å². The van der Waals surface area contributed by atoms with Crippen LogP contribution >= 0.6 is 0 Å². The molecule has 1 aliphatic rings. The van der Waals surface area contributed by atoms with Crippen molar-refractivity contribution in [2.24, 2.45) is 0 Å². The Morgan fingerprint density at radius 1 is 0.931 bits per heavy atom. The van der Waals surface area contributed by atoms with Crippen LogP contribution < -0.4 is 10.2 Å². The minimum Gasteiger partial charge on any atom is -0.356 e. The lowest BCUT2D eigenvalue weighted by Crippen LogP contribution is -2.22. The average Bonchev–Trinajstić information content (AvgIpc) is 3.29. The summed E-state index contributed by atoms with van der Waals surface area (Å²) >= 11 is 0. The van der Waals surface area contributed by atoms with Crippen LogP contribution in [-0.2, 0) is 0 Å². The minimum absolute atomic E-state index is 0.00452. The number of carbonyl (C=O) groups is 1. The molecule has 1 N–H and O–H groups in total. The first-order valence-electron chi connectivity index (χ1n) is 9.17.